The van der Waals surface area contributed by atoms with E-state index in [1.54, 1.807) is 13.0 Å². The highest BCUT2D eigenvalue weighted by molar-refractivity contribution is 5.78. The predicted molar refractivity (Wildman–Crippen MR) is 64.1 cm³/mol. The zero-order chi connectivity index (χ0) is 12.4. The monoisotopic (exact) mass is 236 g/mol. The van der Waals surface area contributed by atoms with Crippen molar-refractivity contribution in [1.29, 1.82) is 0 Å². The fourth-order valence-electron chi connectivity index (χ4n) is 1.99. The molecule has 2 rings (SSSR count). The molecule has 0 radical (unpaired) electrons. The molecule has 1 fully saturated rings. The third-order valence-corrected chi connectivity index (χ3v) is 2.89. The Hall–Kier alpha value is -1.89. The molecule has 0 aromatic carbocycles. The number of carbonyl (C=O) groups excluding carboxylic acids is 1. The van der Waals surface area contributed by atoms with Gasteiger partial charge < -0.3 is 16.1 Å². The van der Waals surface area contributed by atoms with E-state index in [0.29, 0.717) is 18.2 Å². The Morgan fingerprint density at radius 2 is 2.35 bits per heavy atom. The van der Waals surface area contributed by atoms with Gasteiger partial charge >= 0.3 is 0 Å². The second kappa shape index (κ2) is 4.54. The van der Waals surface area contributed by atoms with E-state index < -0.39 is 0 Å². The number of hydrazine groups is 1. The molecule has 0 spiro atoms. The Kier molecular flexibility index (Phi) is 3.10. The van der Waals surface area contributed by atoms with Gasteiger partial charge in [0.05, 0.1) is 5.92 Å². The van der Waals surface area contributed by atoms with Gasteiger partial charge in [-0.3, -0.25) is 4.79 Å². The molecule has 0 bridgehead atoms. The molecule has 7 nitrogen and oxygen atoms in total. The lowest BCUT2D eigenvalue weighted by Gasteiger charge is -2.17. The van der Waals surface area contributed by atoms with E-state index in [2.05, 4.69) is 15.4 Å². The van der Waals surface area contributed by atoms with Crippen LogP contribution in [0.3, 0.4) is 0 Å². The largest absolute Gasteiger partial charge is 0.369 e. The predicted octanol–water partition coefficient (Wildman–Crippen LogP) is -0.618. The summed E-state index contributed by atoms with van der Waals surface area (Å²) in [7, 11) is 0. The number of carbonyl (C=O) groups is 1. The molecule has 1 amide bonds. The van der Waals surface area contributed by atoms with Gasteiger partial charge in [0.1, 0.15) is 17.5 Å². The summed E-state index contributed by atoms with van der Waals surface area (Å²) in [6.45, 7) is 3.18. The lowest BCUT2D eigenvalue weighted by molar-refractivity contribution is -0.121. The van der Waals surface area contributed by atoms with Gasteiger partial charge in [0.2, 0.25) is 5.91 Å². The maximum atomic E-state index is 11.1. The fourth-order valence-corrected chi connectivity index (χ4v) is 1.99. The van der Waals surface area contributed by atoms with Gasteiger partial charge in [-0.1, -0.05) is 0 Å². The van der Waals surface area contributed by atoms with Crippen LogP contribution in [0.2, 0.25) is 0 Å². The van der Waals surface area contributed by atoms with Gasteiger partial charge in [0.15, 0.2) is 0 Å². The maximum absolute atomic E-state index is 11.1. The number of nitrogens with one attached hydrogen (secondary N) is 1. The first-order valence-electron chi connectivity index (χ1n) is 5.46. The lowest BCUT2D eigenvalue weighted by Crippen LogP contribution is -2.28. The van der Waals surface area contributed by atoms with Crippen LogP contribution < -0.4 is 21.9 Å². The Morgan fingerprint density at radius 3 is 2.94 bits per heavy atom. The molecule has 7 heteroatoms. The van der Waals surface area contributed by atoms with Gasteiger partial charge in [-0.15, -0.1) is 0 Å². The molecule has 1 aliphatic heterocycles. The van der Waals surface area contributed by atoms with E-state index in [1.165, 1.54) is 0 Å². The number of amides is 1. The minimum absolute atomic E-state index is 0.0976. The van der Waals surface area contributed by atoms with E-state index in [4.69, 9.17) is 11.6 Å². The number of nitrogens with two attached hydrogens (primary N) is 2. The Bertz CT molecular complexity index is 435. The van der Waals surface area contributed by atoms with Crippen LogP contribution in [0, 0.1) is 12.8 Å². The summed E-state index contributed by atoms with van der Waals surface area (Å²) in [6.07, 6.45) is 0.768. The second-order valence-electron chi connectivity index (χ2n) is 4.14. The Balaban J connectivity index is 2.18. The van der Waals surface area contributed by atoms with E-state index in [0.717, 1.165) is 18.8 Å². The summed E-state index contributed by atoms with van der Waals surface area (Å²) >= 11 is 0. The quantitative estimate of drug-likeness (QED) is 0.476. The van der Waals surface area contributed by atoms with Gasteiger partial charge in [0, 0.05) is 19.2 Å². The molecule has 1 saturated heterocycles. The first-order chi connectivity index (χ1) is 8.10. The van der Waals surface area contributed by atoms with E-state index in [-0.39, 0.29) is 11.8 Å². The van der Waals surface area contributed by atoms with Crippen LogP contribution in [0.4, 0.5) is 11.6 Å². The summed E-state index contributed by atoms with van der Waals surface area (Å²) in [5.41, 5.74) is 7.79. The average molecular weight is 236 g/mol. The SMILES string of the molecule is Cc1nc(NN)cc(N2CCC(C(N)=O)C2)n1. The second-order valence-corrected chi connectivity index (χ2v) is 4.14. The molecule has 1 aromatic rings. The third kappa shape index (κ3) is 2.44. The zero-order valence-corrected chi connectivity index (χ0v) is 9.68. The highest BCUT2D eigenvalue weighted by Crippen LogP contribution is 2.23. The Labute approximate surface area is 99.2 Å². The number of aryl methyl sites for hydroxylation is 1. The number of nitrogens with zero attached hydrogens (tertiary/aromatic N) is 3. The van der Waals surface area contributed by atoms with Crippen molar-refractivity contribution in [2.75, 3.05) is 23.4 Å². The van der Waals surface area contributed by atoms with Crippen molar-refractivity contribution in [1.82, 2.24) is 9.97 Å². The van der Waals surface area contributed by atoms with Crippen molar-refractivity contribution >= 4 is 17.5 Å². The topological polar surface area (TPSA) is 110 Å². The van der Waals surface area contributed by atoms with Crippen molar-refractivity contribution in [2.24, 2.45) is 17.5 Å². The molecule has 5 N–H and O–H groups in total. The van der Waals surface area contributed by atoms with Crippen molar-refractivity contribution < 1.29 is 4.79 Å². The smallest absolute Gasteiger partial charge is 0.222 e. The van der Waals surface area contributed by atoms with Crippen LogP contribution in [0.25, 0.3) is 0 Å². The molecule has 1 aromatic heterocycles. The fraction of sp³-hybridized carbons (Fsp3) is 0.500. The highest BCUT2D eigenvalue weighted by atomic mass is 16.1. The first-order valence-corrected chi connectivity index (χ1v) is 5.46. The summed E-state index contributed by atoms with van der Waals surface area (Å²) in [5.74, 6) is 6.95. The normalized spacial score (nSPS) is 19.4. The van der Waals surface area contributed by atoms with Crippen molar-refractivity contribution in [3.05, 3.63) is 11.9 Å². The molecule has 2 heterocycles. The van der Waals surface area contributed by atoms with Crippen LogP contribution >= 0.6 is 0 Å². The molecule has 1 atom stereocenters. The third-order valence-electron chi connectivity index (χ3n) is 2.89. The van der Waals surface area contributed by atoms with Gasteiger partial charge in [-0.05, 0) is 13.3 Å². The molecule has 92 valence electrons. The molecular weight excluding hydrogens is 220 g/mol. The lowest BCUT2D eigenvalue weighted by atomic mass is 10.1. The minimum Gasteiger partial charge on any atom is -0.369 e. The van der Waals surface area contributed by atoms with E-state index in [1.807, 2.05) is 4.90 Å². The van der Waals surface area contributed by atoms with Crippen molar-refractivity contribution in [2.45, 2.75) is 13.3 Å². The van der Waals surface area contributed by atoms with Gasteiger partial charge in [-0.25, -0.2) is 15.8 Å². The molecule has 1 aliphatic rings. The molecule has 1 unspecified atom stereocenters. The molecular formula is C10H16N6O. The molecule has 0 saturated carbocycles. The first kappa shape index (κ1) is 11.6. The van der Waals surface area contributed by atoms with Gasteiger partial charge in [-0.2, -0.15) is 0 Å². The number of primary amides is 1. The average Bonchev–Trinajstić information content (AvgIpc) is 2.77. The van der Waals surface area contributed by atoms with E-state index >= 15 is 0 Å². The van der Waals surface area contributed by atoms with E-state index in [9.17, 15) is 4.79 Å². The highest BCUT2D eigenvalue weighted by Gasteiger charge is 2.27. The number of anilines is 2. The zero-order valence-electron chi connectivity index (χ0n) is 9.68. The van der Waals surface area contributed by atoms with Gasteiger partial charge in [0.25, 0.3) is 0 Å². The van der Waals surface area contributed by atoms with Crippen LogP contribution in [0.5, 0.6) is 0 Å². The standard InChI is InChI=1S/C10H16N6O/c1-6-13-8(15-12)4-9(14-6)16-3-2-7(5-16)10(11)17/h4,7H,2-3,5,12H2,1H3,(H2,11,17)(H,13,14,15). The number of rotatable bonds is 3. The summed E-state index contributed by atoms with van der Waals surface area (Å²) < 4.78 is 0. The van der Waals surface area contributed by atoms with Crippen LogP contribution in [-0.4, -0.2) is 29.0 Å². The van der Waals surface area contributed by atoms with Crippen LogP contribution in [0.15, 0.2) is 6.07 Å². The maximum Gasteiger partial charge on any atom is 0.222 e. The summed E-state index contributed by atoms with van der Waals surface area (Å²) in [4.78, 5) is 21.6. The van der Waals surface area contributed by atoms with Crippen LogP contribution in [-0.2, 0) is 4.79 Å². The Morgan fingerprint density at radius 1 is 1.59 bits per heavy atom. The number of nitrogen functional groups attached to an aromatic ring is 1. The molecule has 0 aliphatic carbocycles. The molecule has 17 heavy (non-hydrogen) atoms. The number of hydrogen-bond acceptors (Lipinski definition) is 6. The van der Waals surface area contributed by atoms with Crippen LogP contribution in [0.1, 0.15) is 12.2 Å². The summed E-state index contributed by atoms with van der Waals surface area (Å²) in [6, 6.07) is 1.76. The summed E-state index contributed by atoms with van der Waals surface area (Å²) in [5, 5.41) is 0. The minimum atomic E-state index is -0.254. The number of hydrogen-bond donors (Lipinski definition) is 3. The van der Waals surface area contributed by atoms with Crippen molar-refractivity contribution in [3.63, 3.8) is 0 Å². The number of aromatic nitrogens is 2. The van der Waals surface area contributed by atoms with Crippen molar-refractivity contribution in [3.8, 4) is 0 Å².